The van der Waals surface area contributed by atoms with Gasteiger partial charge >= 0.3 is 5.97 Å². The summed E-state index contributed by atoms with van der Waals surface area (Å²) in [5.74, 6) is -1.98. The number of rotatable bonds is 9. The molecular weight excluding hydrogens is 500 g/mol. The number of carbonyl (C=O) groups excluding carboxylic acids is 3. The molecule has 218 valence electrons. The summed E-state index contributed by atoms with van der Waals surface area (Å²) in [5.41, 5.74) is 4.47. The molecule has 5 fully saturated rings. The van der Waals surface area contributed by atoms with E-state index >= 15 is 0 Å². The Hall–Kier alpha value is -1.65. The maximum absolute atomic E-state index is 14.0. The Labute approximate surface area is 231 Å². The smallest absolute Gasteiger partial charge is 0.350 e. The van der Waals surface area contributed by atoms with Crippen molar-refractivity contribution in [2.24, 2.45) is 28.9 Å². The van der Waals surface area contributed by atoms with E-state index in [1.54, 1.807) is 0 Å². The molecule has 5 N–H and O–H groups in total. The van der Waals surface area contributed by atoms with E-state index in [4.69, 9.17) is 15.2 Å². The number of hydrogen-bond acceptors (Lipinski definition) is 9. The van der Waals surface area contributed by atoms with Crippen LogP contribution in [0, 0.1) is 23.2 Å². The summed E-state index contributed by atoms with van der Waals surface area (Å²) in [6, 6.07) is 0. The van der Waals surface area contributed by atoms with Gasteiger partial charge in [-0.2, -0.15) is 0 Å². The van der Waals surface area contributed by atoms with Gasteiger partial charge in [-0.15, -0.1) is 0 Å². The highest BCUT2D eigenvalue weighted by atomic mass is 16.7. The van der Waals surface area contributed by atoms with Gasteiger partial charge in [-0.25, -0.2) is 4.79 Å². The van der Waals surface area contributed by atoms with Gasteiger partial charge in [0, 0.05) is 18.3 Å². The number of allylic oxidation sites excluding steroid dienone is 1. The molecule has 0 spiro atoms. The van der Waals surface area contributed by atoms with Crippen molar-refractivity contribution in [1.29, 1.82) is 0 Å². The molecule has 5 rings (SSSR count). The SMILES string of the molecule is CC(CC1(C2CCNC(N)C2)CCCCC1)=C(CO)CC12OC1(C(=O)OCCO)C(=O)C1CCCCC1C2=O. The topological polar surface area (TPSA) is 151 Å². The lowest BCUT2D eigenvalue weighted by Crippen LogP contribution is -2.58. The summed E-state index contributed by atoms with van der Waals surface area (Å²) in [6.45, 7) is 2.00. The first-order chi connectivity index (χ1) is 18.7. The van der Waals surface area contributed by atoms with Crippen molar-refractivity contribution in [3.8, 4) is 0 Å². The first-order valence-corrected chi connectivity index (χ1v) is 15.1. The number of hydrogen-bond donors (Lipinski definition) is 4. The number of Topliss-reactive ketones (excluding diaryl/α,β-unsaturated/α-hetero) is 2. The average molecular weight is 547 g/mol. The molecule has 3 aliphatic carbocycles. The Kier molecular flexibility index (Phi) is 8.38. The number of ketones is 2. The molecular formula is C30H46N2O7. The van der Waals surface area contributed by atoms with E-state index < -0.39 is 29.0 Å². The van der Waals surface area contributed by atoms with Crippen LogP contribution in [0.1, 0.15) is 90.4 Å². The first kappa shape index (κ1) is 28.9. The molecule has 2 heterocycles. The van der Waals surface area contributed by atoms with Gasteiger partial charge in [0.1, 0.15) is 6.61 Å². The normalized spacial score (nSPS) is 38.4. The number of epoxide rings is 1. The number of esters is 1. The van der Waals surface area contributed by atoms with Crippen LogP contribution in [0.5, 0.6) is 0 Å². The zero-order valence-electron chi connectivity index (χ0n) is 23.3. The molecule has 5 aliphatic rings. The second-order valence-corrected chi connectivity index (χ2v) is 12.8. The largest absolute Gasteiger partial charge is 0.461 e. The van der Waals surface area contributed by atoms with Crippen LogP contribution < -0.4 is 11.1 Å². The van der Waals surface area contributed by atoms with Gasteiger partial charge in [-0.3, -0.25) is 9.59 Å². The van der Waals surface area contributed by atoms with E-state index in [9.17, 15) is 24.6 Å². The fraction of sp³-hybridized carbons (Fsp3) is 0.833. The van der Waals surface area contributed by atoms with E-state index in [-0.39, 0.29) is 49.4 Å². The van der Waals surface area contributed by atoms with Crippen LogP contribution in [0.2, 0.25) is 0 Å². The summed E-state index contributed by atoms with van der Waals surface area (Å²) in [5, 5.41) is 23.2. The highest BCUT2D eigenvalue weighted by Gasteiger charge is 2.87. The van der Waals surface area contributed by atoms with Crippen LogP contribution in [0.25, 0.3) is 0 Å². The monoisotopic (exact) mass is 546 g/mol. The van der Waals surface area contributed by atoms with Crippen molar-refractivity contribution in [3.63, 3.8) is 0 Å². The molecule has 0 radical (unpaired) electrons. The van der Waals surface area contributed by atoms with Crippen LogP contribution >= 0.6 is 0 Å². The predicted molar refractivity (Wildman–Crippen MR) is 143 cm³/mol. The van der Waals surface area contributed by atoms with E-state index in [2.05, 4.69) is 5.32 Å². The second-order valence-electron chi connectivity index (χ2n) is 12.8. The van der Waals surface area contributed by atoms with Gasteiger partial charge in [0.05, 0.1) is 19.4 Å². The van der Waals surface area contributed by atoms with Crippen LogP contribution in [0.3, 0.4) is 0 Å². The molecule has 0 aromatic rings. The summed E-state index contributed by atoms with van der Waals surface area (Å²) < 4.78 is 11.2. The molecule has 2 saturated heterocycles. The quantitative estimate of drug-likeness (QED) is 0.148. The van der Waals surface area contributed by atoms with Crippen molar-refractivity contribution in [3.05, 3.63) is 11.1 Å². The minimum atomic E-state index is -1.97. The number of carbonyl (C=O) groups is 3. The molecule has 6 atom stereocenters. The van der Waals surface area contributed by atoms with E-state index in [0.29, 0.717) is 24.3 Å². The third kappa shape index (κ3) is 4.82. The molecule has 6 unspecified atom stereocenters. The number of aliphatic hydroxyl groups is 2. The minimum Gasteiger partial charge on any atom is -0.461 e. The van der Waals surface area contributed by atoms with E-state index in [0.717, 1.165) is 57.1 Å². The standard InChI is InChI=1S/C30H46N2O7/c1-19(16-28(10-5-2-6-11-28)21-9-12-32-24(31)15-21)20(18-34)17-29-25(35)22-7-3-4-8-23(22)26(36)30(29,39-29)27(37)38-14-13-33/h21-24,32-34H,2-18,31H2,1H3. The van der Waals surface area contributed by atoms with Crippen LogP contribution in [0.4, 0.5) is 0 Å². The molecule has 9 heteroatoms. The molecule has 0 aromatic carbocycles. The summed E-state index contributed by atoms with van der Waals surface area (Å²) >= 11 is 0. The van der Waals surface area contributed by atoms with Gasteiger partial charge in [0.25, 0.3) is 5.60 Å². The van der Waals surface area contributed by atoms with Crippen LogP contribution in [0.15, 0.2) is 11.1 Å². The lowest BCUT2D eigenvalue weighted by atomic mass is 9.59. The summed E-state index contributed by atoms with van der Waals surface area (Å²) in [6.07, 6.45) is 11.4. The fourth-order valence-corrected chi connectivity index (χ4v) is 8.61. The summed E-state index contributed by atoms with van der Waals surface area (Å²) in [7, 11) is 0. The maximum atomic E-state index is 14.0. The Morgan fingerprint density at radius 3 is 2.36 bits per heavy atom. The Morgan fingerprint density at radius 1 is 1.03 bits per heavy atom. The van der Waals surface area contributed by atoms with Gasteiger partial charge in [0.15, 0.2) is 17.2 Å². The Balaban J connectivity index is 1.46. The van der Waals surface area contributed by atoms with Gasteiger partial charge in [-0.05, 0) is 75.3 Å². The molecule has 39 heavy (non-hydrogen) atoms. The molecule has 3 saturated carbocycles. The lowest BCUT2D eigenvalue weighted by Gasteiger charge is -2.47. The molecule has 0 amide bonds. The number of aliphatic hydroxyl groups excluding tert-OH is 2. The lowest BCUT2D eigenvalue weighted by molar-refractivity contribution is -0.159. The average Bonchev–Trinajstić information content (AvgIpc) is 3.65. The zero-order chi connectivity index (χ0) is 27.8. The minimum absolute atomic E-state index is 0.0113. The number of ether oxygens (including phenoxy) is 2. The molecule has 2 aliphatic heterocycles. The van der Waals surface area contributed by atoms with Crippen LogP contribution in [-0.4, -0.2) is 71.5 Å². The molecule has 0 bridgehead atoms. The third-order valence-corrected chi connectivity index (χ3v) is 10.7. The molecule has 0 aromatic heterocycles. The van der Waals surface area contributed by atoms with Gasteiger partial charge < -0.3 is 30.7 Å². The highest BCUT2D eigenvalue weighted by molar-refractivity contribution is 6.23. The maximum Gasteiger partial charge on any atom is 0.350 e. The number of nitrogens with one attached hydrogen (secondary N) is 1. The van der Waals surface area contributed by atoms with Crippen molar-refractivity contribution in [2.45, 2.75) is 108 Å². The van der Waals surface area contributed by atoms with E-state index in [1.165, 1.54) is 19.3 Å². The van der Waals surface area contributed by atoms with Crippen molar-refractivity contribution >= 4 is 17.5 Å². The Morgan fingerprint density at radius 2 is 1.72 bits per heavy atom. The second kappa shape index (κ2) is 11.3. The first-order valence-electron chi connectivity index (χ1n) is 15.1. The summed E-state index contributed by atoms with van der Waals surface area (Å²) in [4.78, 5) is 41.1. The van der Waals surface area contributed by atoms with E-state index in [1.807, 2.05) is 6.92 Å². The zero-order valence-corrected chi connectivity index (χ0v) is 23.3. The van der Waals surface area contributed by atoms with Crippen molar-refractivity contribution < 1.29 is 34.1 Å². The van der Waals surface area contributed by atoms with Crippen molar-refractivity contribution in [1.82, 2.24) is 5.32 Å². The predicted octanol–water partition coefficient (Wildman–Crippen LogP) is 2.31. The third-order valence-electron chi connectivity index (χ3n) is 10.7. The number of piperidine rings is 1. The van der Waals surface area contributed by atoms with Crippen molar-refractivity contribution in [2.75, 3.05) is 26.4 Å². The number of nitrogens with two attached hydrogens (primary N) is 1. The van der Waals surface area contributed by atoms with Gasteiger partial charge in [0.2, 0.25) is 0 Å². The van der Waals surface area contributed by atoms with Gasteiger partial charge in [-0.1, -0.05) is 37.7 Å². The highest BCUT2D eigenvalue weighted by Crippen LogP contribution is 2.62. The molecule has 9 nitrogen and oxygen atoms in total. The number of fused-ring (bicyclic) bond motifs is 2. The van der Waals surface area contributed by atoms with Crippen LogP contribution in [-0.2, 0) is 23.9 Å². The Bertz CT molecular complexity index is 1010. The fourth-order valence-electron chi connectivity index (χ4n) is 8.61.